The van der Waals surface area contributed by atoms with Crippen molar-refractivity contribution in [3.8, 4) is 5.69 Å². The molecular formula is C25H23N3O2S. The van der Waals surface area contributed by atoms with Gasteiger partial charge in [-0.1, -0.05) is 71.9 Å². The van der Waals surface area contributed by atoms with Crippen LogP contribution in [0.3, 0.4) is 0 Å². The Morgan fingerprint density at radius 2 is 1.65 bits per heavy atom. The van der Waals surface area contributed by atoms with Crippen molar-refractivity contribution in [3.05, 3.63) is 100 Å². The average molecular weight is 430 g/mol. The SMILES string of the molecule is Cc1ccc(-n2c(SCC(=O)N(C)Cc3ccccc3)nc3ccccc3c2=O)cc1. The van der Waals surface area contributed by atoms with Gasteiger partial charge in [0.15, 0.2) is 5.16 Å². The van der Waals surface area contributed by atoms with Crippen LogP contribution in [0.4, 0.5) is 0 Å². The van der Waals surface area contributed by atoms with Crippen LogP contribution in [0.2, 0.25) is 0 Å². The third-order valence-corrected chi connectivity index (χ3v) is 5.97. The van der Waals surface area contributed by atoms with Gasteiger partial charge in [-0.3, -0.25) is 14.2 Å². The van der Waals surface area contributed by atoms with Gasteiger partial charge in [0.1, 0.15) is 0 Å². The molecule has 5 nitrogen and oxygen atoms in total. The summed E-state index contributed by atoms with van der Waals surface area (Å²) < 4.78 is 1.59. The van der Waals surface area contributed by atoms with Gasteiger partial charge in [0.25, 0.3) is 5.56 Å². The Kier molecular flexibility index (Phi) is 6.18. The van der Waals surface area contributed by atoms with Gasteiger partial charge in [0.2, 0.25) is 5.91 Å². The maximum Gasteiger partial charge on any atom is 0.266 e. The molecule has 0 aliphatic rings. The summed E-state index contributed by atoms with van der Waals surface area (Å²) in [6, 6.07) is 24.9. The maximum absolute atomic E-state index is 13.3. The number of hydrogen-bond acceptors (Lipinski definition) is 4. The van der Waals surface area contributed by atoms with Crippen molar-refractivity contribution >= 4 is 28.6 Å². The van der Waals surface area contributed by atoms with Gasteiger partial charge in [-0.15, -0.1) is 0 Å². The van der Waals surface area contributed by atoms with E-state index in [1.165, 1.54) is 11.8 Å². The second kappa shape index (κ2) is 9.18. The van der Waals surface area contributed by atoms with Crippen molar-refractivity contribution in [3.63, 3.8) is 0 Å². The summed E-state index contributed by atoms with van der Waals surface area (Å²) >= 11 is 1.28. The van der Waals surface area contributed by atoms with E-state index in [0.29, 0.717) is 22.6 Å². The molecule has 0 aliphatic heterocycles. The number of nitrogens with zero attached hydrogens (tertiary/aromatic N) is 3. The van der Waals surface area contributed by atoms with Crippen molar-refractivity contribution in [1.82, 2.24) is 14.5 Å². The first kappa shape index (κ1) is 20.9. The highest BCUT2D eigenvalue weighted by Gasteiger charge is 2.16. The minimum atomic E-state index is -0.137. The van der Waals surface area contributed by atoms with E-state index in [1.807, 2.05) is 79.7 Å². The second-order valence-electron chi connectivity index (χ2n) is 7.41. The van der Waals surface area contributed by atoms with Gasteiger partial charge in [-0.2, -0.15) is 0 Å². The van der Waals surface area contributed by atoms with Crippen LogP contribution in [0.25, 0.3) is 16.6 Å². The fraction of sp³-hybridized carbons (Fsp3) is 0.160. The van der Waals surface area contributed by atoms with Crippen LogP contribution in [0.5, 0.6) is 0 Å². The van der Waals surface area contributed by atoms with E-state index in [1.54, 1.807) is 22.6 Å². The fourth-order valence-corrected chi connectivity index (χ4v) is 4.27. The van der Waals surface area contributed by atoms with E-state index in [0.717, 1.165) is 16.8 Å². The van der Waals surface area contributed by atoms with E-state index >= 15 is 0 Å². The third-order valence-electron chi connectivity index (χ3n) is 5.05. The lowest BCUT2D eigenvalue weighted by Gasteiger charge is -2.18. The number of fused-ring (bicyclic) bond motifs is 1. The van der Waals surface area contributed by atoms with Gasteiger partial charge >= 0.3 is 0 Å². The Bertz CT molecular complexity index is 1270. The van der Waals surface area contributed by atoms with E-state index in [4.69, 9.17) is 4.98 Å². The molecular weight excluding hydrogens is 406 g/mol. The highest BCUT2D eigenvalue weighted by atomic mass is 32.2. The smallest absolute Gasteiger partial charge is 0.266 e. The third kappa shape index (κ3) is 4.70. The molecule has 0 fully saturated rings. The van der Waals surface area contributed by atoms with E-state index in [9.17, 15) is 9.59 Å². The molecule has 31 heavy (non-hydrogen) atoms. The number of thioether (sulfide) groups is 1. The molecule has 6 heteroatoms. The molecule has 3 aromatic carbocycles. The molecule has 0 unspecified atom stereocenters. The number of aromatic nitrogens is 2. The topological polar surface area (TPSA) is 55.2 Å². The first-order valence-electron chi connectivity index (χ1n) is 10.0. The Morgan fingerprint density at radius 3 is 2.39 bits per heavy atom. The molecule has 1 amide bonds. The van der Waals surface area contributed by atoms with Crippen LogP contribution in [-0.2, 0) is 11.3 Å². The molecule has 156 valence electrons. The predicted octanol–water partition coefficient (Wildman–Crippen LogP) is 4.44. The lowest BCUT2D eigenvalue weighted by Crippen LogP contribution is -2.28. The van der Waals surface area contributed by atoms with Gasteiger partial charge in [0.05, 0.1) is 22.3 Å². The maximum atomic E-state index is 13.3. The number of hydrogen-bond donors (Lipinski definition) is 0. The lowest BCUT2D eigenvalue weighted by molar-refractivity contribution is -0.127. The molecule has 0 spiro atoms. The molecule has 4 aromatic rings. The van der Waals surface area contributed by atoms with Gasteiger partial charge < -0.3 is 4.90 Å². The molecule has 0 bridgehead atoms. The molecule has 1 aromatic heterocycles. The monoisotopic (exact) mass is 429 g/mol. The van der Waals surface area contributed by atoms with Crippen LogP contribution in [0.15, 0.2) is 88.8 Å². The fourth-order valence-electron chi connectivity index (χ4n) is 3.31. The number of benzene rings is 3. The van der Waals surface area contributed by atoms with Crippen molar-refractivity contribution in [2.75, 3.05) is 12.8 Å². The quantitative estimate of drug-likeness (QED) is 0.336. The minimum absolute atomic E-state index is 0.0216. The van der Waals surface area contributed by atoms with E-state index < -0.39 is 0 Å². The number of amides is 1. The summed E-state index contributed by atoms with van der Waals surface area (Å²) in [5.74, 6) is 0.173. The second-order valence-corrected chi connectivity index (χ2v) is 8.35. The summed E-state index contributed by atoms with van der Waals surface area (Å²) in [5.41, 5.74) is 3.41. The molecule has 0 N–H and O–H groups in total. The number of aryl methyl sites for hydroxylation is 1. The summed E-state index contributed by atoms with van der Waals surface area (Å²) in [7, 11) is 1.79. The summed E-state index contributed by atoms with van der Waals surface area (Å²) in [5, 5.41) is 1.06. The number of rotatable bonds is 6. The van der Waals surface area contributed by atoms with Crippen LogP contribution < -0.4 is 5.56 Å². The summed E-state index contributed by atoms with van der Waals surface area (Å²) in [4.78, 5) is 32.4. The average Bonchev–Trinajstić information content (AvgIpc) is 2.79. The zero-order valence-corrected chi connectivity index (χ0v) is 18.3. The van der Waals surface area contributed by atoms with Gasteiger partial charge in [0, 0.05) is 13.6 Å². The molecule has 0 radical (unpaired) electrons. The Morgan fingerprint density at radius 1 is 0.968 bits per heavy atom. The molecule has 0 saturated heterocycles. The van der Waals surface area contributed by atoms with Crippen molar-refractivity contribution in [2.24, 2.45) is 0 Å². The first-order chi connectivity index (χ1) is 15.0. The Balaban J connectivity index is 1.63. The zero-order chi connectivity index (χ0) is 21.8. The lowest BCUT2D eigenvalue weighted by atomic mass is 10.2. The van der Waals surface area contributed by atoms with Crippen LogP contribution in [-0.4, -0.2) is 33.2 Å². The molecule has 0 aliphatic carbocycles. The van der Waals surface area contributed by atoms with Crippen molar-refractivity contribution in [2.45, 2.75) is 18.6 Å². The molecule has 4 rings (SSSR count). The van der Waals surface area contributed by atoms with E-state index in [-0.39, 0.29) is 17.2 Å². The van der Waals surface area contributed by atoms with Gasteiger partial charge in [-0.25, -0.2) is 4.98 Å². The Hall–Kier alpha value is -3.38. The first-order valence-corrected chi connectivity index (χ1v) is 11.0. The molecule has 0 saturated carbocycles. The largest absolute Gasteiger partial charge is 0.341 e. The normalized spacial score (nSPS) is 10.9. The number of carbonyl (C=O) groups excluding carboxylic acids is 1. The molecule has 0 atom stereocenters. The zero-order valence-electron chi connectivity index (χ0n) is 17.5. The van der Waals surface area contributed by atoms with Crippen LogP contribution in [0.1, 0.15) is 11.1 Å². The predicted molar refractivity (Wildman–Crippen MR) is 126 cm³/mol. The van der Waals surface area contributed by atoms with Crippen molar-refractivity contribution in [1.29, 1.82) is 0 Å². The van der Waals surface area contributed by atoms with Crippen LogP contribution in [0, 0.1) is 6.92 Å². The highest BCUT2D eigenvalue weighted by Crippen LogP contribution is 2.22. The highest BCUT2D eigenvalue weighted by molar-refractivity contribution is 7.99. The Labute approximate surface area is 185 Å². The minimum Gasteiger partial charge on any atom is -0.341 e. The summed E-state index contributed by atoms with van der Waals surface area (Å²) in [6.07, 6.45) is 0. The van der Waals surface area contributed by atoms with Gasteiger partial charge in [-0.05, 0) is 36.8 Å². The number of carbonyl (C=O) groups is 1. The molecule has 1 heterocycles. The standard InChI is InChI=1S/C25H23N3O2S/c1-18-12-14-20(15-13-18)28-24(30)21-10-6-7-11-22(21)26-25(28)31-17-23(29)27(2)16-19-8-4-3-5-9-19/h3-15H,16-17H2,1-2H3. The van der Waals surface area contributed by atoms with Crippen molar-refractivity contribution < 1.29 is 4.79 Å². The summed E-state index contributed by atoms with van der Waals surface area (Å²) in [6.45, 7) is 2.54. The number of para-hydroxylation sites is 1. The van der Waals surface area contributed by atoms with E-state index in [2.05, 4.69) is 0 Å². The van der Waals surface area contributed by atoms with Crippen LogP contribution >= 0.6 is 11.8 Å².